The second-order valence-corrected chi connectivity index (χ2v) is 5.42. The molecule has 0 unspecified atom stereocenters. The monoisotopic (exact) mass is 306 g/mol. The number of aromatic amines is 1. The van der Waals surface area contributed by atoms with Crippen molar-refractivity contribution in [1.82, 2.24) is 9.55 Å². The average Bonchev–Trinajstić information content (AvgIpc) is 2.29. The molecule has 0 saturated heterocycles. The van der Waals surface area contributed by atoms with E-state index >= 15 is 0 Å². The zero-order chi connectivity index (χ0) is 14.6. The average molecular weight is 306 g/mol. The number of ether oxygens (including phenoxy) is 1. The molecule has 0 spiro atoms. The van der Waals surface area contributed by atoms with E-state index in [1.165, 1.54) is 13.1 Å². The van der Waals surface area contributed by atoms with Crippen LogP contribution < -0.4 is 58.8 Å². The number of nitrogens with one attached hydrogen (secondary N) is 1. The summed E-state index contributed by atoms with van der Waals surface area (Å²) in [5, 5.41) is 8.99. The van der Waals surface area contributed by atoms with Crippen LogP contribution in [-0.4, -0.2) is 33.7 Å². The van der Waals surface area contributed by atoms with Crippen LogP contribution in [0.5, 0.6) is 0 Å². The minimum Gasteiger partial charge on any atom is -0.809 e. The fourth-order valence-corrected chi connectivity index (χ4v) is 1.73. The second kappa shape index (κ2) is 9.86. The fraction of sp³-hybridized carbons (Fsp3) is 0.556. The maximum Gasteiger partial charge on any atom is 1.00 e. The Bertz CT molecular complexity index is 596. The molecule has 0 aromatic carbocycles. The Morgan fingerprint density at radius 3 is 2.48 bits per heavy atom. The topological polar surface area (TPSA) is 148 Å². The van der Waals surface area contributed by atoms with Crippen LogP contribution in [-0.2, 0) is 15.8 Å². The molecule has 0 aliphatic heterocycles. The first-order valence-corrected chi connectivity index (χ1v) is 6.99. The van der Waals surface area contributed by atoms with E-state index < -0.39 is 37.9 Å². The van der Waals surface area contributed by atoms with E-state index in [0.717, 1.165) is 4.57 Å². The molecule has 0 fully saturated rings. The van der Waals surface area contributed by atoms with E-state index in [0.29, 0.717) is 0 Å². The van der Waals surface area contributed by atoms with E-state index in [4.69, 9.17) is 9.84 Å². The molecule has 9 nitrogen and oxygen atoms in total. The number of H-pyrrole nitrogens is 1. The summed E-state index contributed by atoms with van der Waals surface area (Å²) < 4.78 is 16.2. The van der Waals surface area contributed by atoms with E-state index in [2.05, 4.69) is 0 Å². The van der Waals surface area contributed by atoms with E-state index in [1.54, 1.807) is 0 Å². The number of aliphatic hydroxyl groups is 1. The molecule has 12 heteroatoms. The van der Waals surface area contributed by atoms with Crippen molar-refractivity contribution in [2.24, 2.45) is 0 Å². The molecule has 0 amide bonds. The van der Waals surface area contributed by atoms with Crippen LogP contribution in [0.3, 0.4) is 0 Å². The molecule has 21 heavy (non-hydrogen) atoms. The summed E-state index contributed by atoms with van der Waals surface area (Å²) in [4.78, 5) is 45.5. The minimum atomic E-state index is -4.85. The summed E-state index contributed by atoms with van der Waals surface area (Å²) in [6.45, 7) is 0.713. The van der Waals surface area contributed by atoms with Crippen molar-refractivity contribution in [2.75, 3.05) is 13.0 Å². The first-order valence-electron chi connectivity index (χ1n) is 5.27. The maximum absolute atomic E-state index is 11.4. The molecule has 1 rings (SSSR count). The summed E-state index contributed by atoms with van der Waals surface area (Å²) in [5.74, 6) is 0. The summed E-state index contributed by atoms with van der Waals surface area (Å²) in [6.07, 6.45) is -0.865. The Balaban J connectivity index is 0. The molecule has 108 valence electrons. The number of aromatic nitrogens is 2. The van der Waals surface area contributed by atoms with E-state index in [1.807, 2.05) is 4.98 Å². The van der Waals surface area contributed by atoms with Gasteiger partial charge in [-0.3, -0.25) is 14.3 Å². The van der Waals surface area contributed by atoms with Gasteiger partial charge in [0.1, 0.15) is 0 Å². The third-order valence-corrected chi connectivity index (χ3v) is 2.73. The minimum absolute atomic E-state index is 0. The number of nitrogens with zero attached hydrogens (tertiary/aromatic N) is 1. The zero-order valence-corrected chi connectivity index (χ0v) is 13.0. The molecule has 1 aromatic rings. The third-order valence-electron chi connectivity index (χ3n) is 2.26. The maximum atomic E-state index is 11.4. The Morgan fingerprint density at radius 2 is 2.00 bits per heavy atom. The Labute approximate surface area is 144 Å². The molecule has 1 aromatic heterocycles. The second-order valence-electron chi connectivity index (χ2n) is 3.94. The van der Waals surface area contributed by atoms with Gasteiger partial charge < -0.3 is 24.2 Å². The van der Waals surface area contributed by atoms with Gasteiger partial charge in [0.05, 0.1) is 25.6 Å². The van der Waals surface area contributed by atoms with Gasteiger partial charge in [-0.2, -0.15) is 0 Å². The van der Waals surface area contributed by atoms with E-state index in [9.17, 15) is 23.9 Å². The van der Waals surface area contributed by atoms with E-state index in [-0.39, 0.29) is 49.8 Å². The first kappa shape index (κ1) is 23.2. The van der Waals surface area contributed by atoms with Crippen LogP contribution >= 0.6 is 7.60 Å². The predicted octanol–water partition coefficient (Wildman–Crippen LogP) is -8.90. The molecular formula is C9H13Li2N2O7P. The van der Waals surface area contributed by atoms with Crippen LogP contribution in [0.4, 0.5) is 0 Å². The van der Waals surface area contributed by atoms with Gasteiger partial charge in [-0.05, 0) is 14.5 Å². The van der Waals surface area contributed by atoms with Crippen LogP contribution in [0.25, 0.3) is 0 Å². The number of hydrogen-bond donors (Lipinski definition) is 2. The SMILES string of the molecule is Cc1cn(C[C@@H](CO)OCP(=O)([O-])[O-])c(=O)[nH]c1=O.[Li+].[Li+]. The van der Waals surface area contributed by atoms with Crippen LogP contribution in [0.1, 0.15) is 5.56 Å². The predicted molar refractivity (Wildman–Crippen MR) is 60.5 cm³/mol. The molecule has 0 bridgehead atoms. The van der Waals surface area contributed by atoms with Gasteiger partial charge in [-0.1, -0.05) is 0 Å². The number of aryl methyl sites for hydroxylation is 1. The van der Waals surface area contributed by atoms with Crippen LogP contribution in [0.2, 0.25) is 0 Å². The quantitative estimate of drug-likeness (QED) is 0.391. The number of aliphatic hydroxyl groups excluding tert-OH is 1. The summed E-state index contributed by atoms with van der Waals surface area (Å²) >= 11 is 0. The molecule has 1 atom stereocenters. The molecule has 0 saturated carbocycles. The standard InChI is InChI=1S/C9H15N2O7P.2Li/c1-6-2-11(9(14)10-8(6)13)3-7(4-12)18-5-19(15,16)17;;/h2,7,12H,3-5H2,1H3,(H,10,13,14)(H2,15,16,17);;/q;2*+1/p-2/t7-;;/m0../s1. The van der Waals surface area contributed by atoms with Crippen molar-refractivity contribution in [3.8, 4) is 0 Å². The molecule has 0 aliphatic carbocycles. The van der Waals surface area contributed by atoms with Gasteiger partial charge in [-0.15, -0.1) is 0 Å². The Kier molecular flexibility index (Phi) is 10.9. The van der Waals surface area contributed by atoms with Crippen molar-refractivity contribution < 1.29 is 61.9 Å². The molecule has 1 heterocycles. The van der Waals surface area contributed by atoms with Gasteiger partial charge in [0.15, 0.2) is 0 Å². The summed E-state index contributed by atoms with van der Waals surface area (Å²) in [5.41, 5.74) is -0.981. The van der Waals surface area contributed by atoms with Gasteiger partial charge >= 0.3 is 43.4 Å². The van der Waals surface area contributed by atoms with Crippen LogP contribution in [0.15, 0.2) is 15.8 Å². The van der Waals surface area contributed by atoms with Crippen molar-refractivity contribution in [2.45, 2.75) is 19.6 Å². The third kappa shape index (κ3) is 8.22. The largest absolute Gasteiger partial charge is 1.00 e. The molecule has 0 radical (unpaired) electrons. The number of hydrogen-bond acceptors (Lipinski definition) is 7. The normalized spacial score (nSPS) is 12.2. The van der Waals surface area contributed by atoms with Gasteiger partial charge in [0, 0.05) is 11.8 Å². The summed E-state index contributed by atoms with van der Waals surface area (Å²) in [6, 6.07) is 0. The van der Waals surface area contributed by atoms with Crippen molar-refractivity contribution in [1.29, 1.82) is 0 Å². The Morgan fingerprint density at radius 1 is 1.43 bits per heavy atom. The van der Waals surface area contributed by atoms with Gasteiger partial charge in [-0.25, -0.2) is 4.79 Å². The molecular weight excluding hydrogens is 293 g/mol. The van der Waals surface area contributed by atoms with Crippen LogP contribution in [0, 0.1) is 6.92 Å². The molecule has 2 N–H and O–H groups in total. The Hall–Kier alpha value is -0.0552. The van der Waals surface area contributed by atoms with Crippen molar-refractivity contribution in [3.05, 3.63) is 32.6 Å². The van der Waals surface area contributed by atoms with Gasteiger partial charge in [0.25, 0.3) is 5.56 Å². The van der Waals surface area contributed by atoms with Crippen molar-refractivity contribution >= 4 is 7.60 Å². The fourth-order valence-electron chi connectivity index (χ4n) is 1.33. The first-order chi connectivity index (χ1) is 8.73. The molecule has 0 aliphatic rings. The van der Waals surface area contributed by atoms with Crippen molar-refractivity contribution in [3.63, 3.8) is 0 Å². The van der Waals surface area contributed by atoms with Gasteiger partial charge in [0.2, 0.25) is 0 Å². The zero-order valence-electron chi connectivity index (χ0n) is 12.1. The smallest absolute Gasteiger partial charge is 0.809 e. The summed E-state index contributed by atoms with van der Waals surface area (Å²) in [7, 11) is -4.85. The number of rotatable bonds is 6.